The van der Waals surface area contributed by atoms with Crippen LogP contribution < -0.4 is 5.56 Å². The van der Waals surface area contributed by atoms with Crippen LogP contribution >= 0.6 is 0 Å². The second-order valence-corrected chi connectivity index (χ2v) is 8.72. The highest BCUT2D eigenvalue weighted by atomic mass is 19.4. The SMILES string of the molecule is Cc1cc2[nH]c(=O)c3cnn([C@H]4CCOC4)c3c2cc1C(=O)N1CCN(CC(F)(F)F)CC1. The Morgan fingerprint density at radius 1 is 1.21 bits per heavy atom. The molecule has 1 N–H and O–H groups in total. The summed E-state index contributed by atoms with van der Waals surface area (Å²) < 4.78 is 45.3. The topological polar surface area (TPSA) is 83.5 Å². The Morgan fingerprint density at radius 2 is 1.97 bits per heavy atom. The van der Waals surface area contributed by atoms with Crippen molar-refractivity contribution in [2.75, 3.05) is 45.9 Å². The van der Waals surface area contributed by atoms with Crippen molar-refractivity contribution >= 4 is 27.7 Å². The zero-order valence-corrected chi connectivity index (χ0v) is 18.1. The number of amides is 1. The molecule has 0 unspecified atom stereocenters. The maximum Gasteiger partial charge on any atom is 0.401 e. The highest BCUT2D eigenvalue weighted by Gasteiger charge is 2.33. The number of hydrogen-bond acceptors (Lipinski definition) is 5. The molecule has 2 fully saturated rings. The average Bonchev–Trinajstić information content (AvgIpc) is 3.42. The van der Waals surface area contributed by atoms with Gasteiger partial charge >= 0.3 is 6.18 Å². The fourth-order valence-corrected chi connectivity index (χ4v) is 4.75. The molecule has 5 rings (SSSR count). The standard InChI is InChI=1S/C22H24F3N5O3/c1-13-8-18-16(19-17(20(31)27-18)10-26-30(19)14-2-7-33-11-14)9-15(13)21(32)29-5-3-28(4-6-29)12-22(23,24)25/h8-10,14H,2-7,11-12H2,1H3,(H,27,31)/t14-/m0/s1. The molecular weight excluding hydrogens is 439 g/mol. The van der Waals surface area contributed by atoms with E-state index >= 15 is 0 Å². The number of aromatic nitrogens is 3. The van der Waals surface area contributed by atoms with E-state index in [1.807, 2.05) is 0 Å². The van der Waals surface area contributed by atoms with Crippen LogP contribution in [0.4, 0.5) is 13.2 Å². The molecule has 2 aromatic heterocycles. The number of piperazine rings is 1. The summed E-state index contributed by atoms with van der Waals surface area (Å²) in [5, 5.41) is 5.59. The maximum absolute atomic E-state index is 13.3. The number of alkyl halides is 3. The van der Waals surface area contributed by atoms with Crippen molar-refractivity contribution in [2.24, 2.45) is 0 Å². The first-order valence-corrected chi connectivity index (χ1v) is 10.9. The summed E-state index contributed by atoms with van der Waals surface area (Å²) in [5.74, 6) is -0.226. The van der Waals surface area contributed by atoms with Gasteiger partial charge in [-0.15, -0.1) is 0 Å². The molecule has 0 saturated carbocycles. The van der Waals surface area contributed by atoms with E-state index in [4.69, 9.17) is 4.74 Å². The van der Waals surface area contributed by atoms with Gasteiger partial charge in [0, 0.05) is 43.7 Å². The molecule has 2 saturated heterocycles. The van der Waals surface area contributed by atoms with Crippen LogP contribution in [0.25, 0.3) is 21.8 Å². The minimum atomic E-state index is -4.25. The number of hydrogen-bond donors (Lipinski definition) is 1. The molecule has 1 atom stereocenters. The lowest BCUT2D eigenvalue weighted by Crippen LogP contribution is -2.51. The van der Waals surface area contributed by atoms with Crippen LogP contribution in [-0.2, 0) is 4.74 Å². The van der Waals surface area contributed by atoms with Crippen LogP contribution in [0.1, 0.15) is 28.4 Å². The van der Waals surface area contributed by atoms with Crippen LogP contribution in [-0.4, -0.2) is 82.6 Å². The van der Waals surface area contributed by atoms with Crippen molar-refractivity contribution in [3.05, 3.63) is 39.8 Å². The van der Waals surface area contributed by atoms with Gasteiger partial charge in [0.1, 0.15) is 0 Å². The van der Waals surface area contributed by atoms with Gasteiger partial charge < -0.3 is 14.6 Å². The molecule has 11 heteroatoms. The molecule has 1 aromatic carbocycles. The second kappa shape index (κ2) is 8.14. The third kappa shape index (κ3) is 4.10. The second-order valence-electron chi connectivity index (χ2n) is 8.72. The summed E-state index contributed by atoms with van der Waals surface area (Å²) in [7, 11) is 0. The minimum absolute atomic E-state index is 0.00895. The summed E-state index contributed by atoms with van der Waals surface area (Å²) >= 11 is 0. The average molecular weight is 463 g/mol. The Bertz CT molecular complexity index is 1270. The summed E-state index contributed by atoms with van der Waals surface area (Å²) in [4.78, 5) is 31.7. The third-order valence-corrected chi connectivity index (χ3v) is 6.45. The number of rotatable bonds is 3. The number of aromatic amines is 1. The molecule has 0 radical (unpaired) electrons. The van der Waals surface area contributed by atoms with Gasteiger partial charge in [-0.05, 0) is 31.0 Å². The number of aryl methyl sites for hydroxylation is 1. The van der Waals surface area contributed by atoms with Gasteiger partial charge in [0.25, 0.3) is 11.5 Å². The van der Waals surface area contributed by atoms with E-state index in [1.165, 1.54) is 11.1 Å². The molecule has 2 aliphatic rings. The van der Waals surface area contributed by atoms with Crippen molar-refractivity contribution in [3.8, 4) is 0 Å². The van der Waals surface area contributed by atoms with Crippen LogP contribution in [0, 0.1) is 6.92 Å². The van der Waals surface area contributed by atoms with Crippen molar-refractivity contribution in [3.63, 3.8) is 0 Å². The first kappa shape index (κ1) is 21.9. The fraction of sp³-hybridized carbons (Fsp3) is 0.500. The number of ether oxygens (including phenoxy) is 1. The number of fused-ring (bicyclic) bond motifs is 3. The maximum atomic E-state index is 13.3. The largest absolute Gasteiger partial charge is 0.401 e. The number of nitrogens with zero attached hydrogens (tertiary/aromatic N) is 4. The first-order valence-electron chi connectivity index (χ1n) is 10.9. The predicted octanol–water partition coefficient (Wildman–Crippen LogP) is 2.47. The van der Waals surface area contributed by atoms with E-state index in [0.29, 0.717) is 46.1 Å². The molecule has 0 aliphatic carbocycles. The normalized spacial score (nSPS) is 20.2. The van der Waals surface area contributed by atoms with Crippen molar-refractivity contribution in [2.45, 2.75) is 25.6 Å². The zero-order chi connectivity index (χ0) is 23.3. The molecule has 2 aliphatic heterocycles. The Kier molecular flexibility index (Phi) is 5.40. The highest BCUT2D eigenvalue weighted by molar-refractivity contribution is 6.07. The van der Waals surface area contributed by atoms with Crippen LogP contribution in [0.2, 0.25) is 0 Å². The third-order valence-electron chi connectivity index (χ3n) is 6.45. The van der Waals surface area contributed by atoms with Gasteiger partial charge in [0.05, 0.1) is 41.8 Å². The summed E-state index contributed by atoms with van der Waals surface area (Å²) in [6.07, 6.45) is -1.94. The molecule has 0 bridgehead atoms. The summed E-state index contributed by atoms with van der Waals surface area (Å²) in [6.45, 7) is 2.74. The lowest BCUT2D eigenvalue weighted by Gasteiger charge is -2.35. The zero-order valence-electron chi connectivity index (χ0n) is 18.1. The molecule has 3 aromatic rings. The molecule has 8 nitrogen and oxygen atoms in total. The monoisotopic (exact) mass is 463 g/mol. The van der Waals surface area contributed by atoms with Crippen molar-refractivity contribution < 1.29 is 22.7 Å². The molecule has 176 valence electrons. The Morgan fingerprint density at radius 3 is 2.64 bits per heavy atom. The van der Waals surface area contributed by atoms with E-state index in [9.17, 15) is 22.8 Å². The van der Waals surface area contributed by atoms with Crippen LogP contribution in [0.15, 0.2) is 23.1 Å². The van der Waals surface area contributed by atoms with Crippen molar-refractivity contribution in [1.82, 2.24) is 24.6 Å². The fourth-order valence-electron chi connectivity index (χ4n) is 4.75. The summed E-state index contributed by atoms with van der Waals surface area (Å²) in [5.41, 5.74) is 2.18. The number of H-pyrrole nitrogens is 1. The van der Waals surface area contributed by atoms with E-state index < -0.39 is 12.7 Å². The molecule has 4 heterocycles. The Labute approximate surface area is 186 Å². The van der Waals surface area contributed by atoms with Crippen LogP contribution in [0.3, 0.4) is 0 Å². The van der Waals surface area contributed by atoms with E-state index in [0.717, 1.165) is 6.42 Å². The van der Waals surface area contributed by atoms with E-state index in [2.05, 4.69) is 10.1 Å². The number of halogens is 3. The molecular formula is C22H24F3N5O3. The number of benzene rings is 1. The first-order chi connectivity index (χ1) is 15.7. The van der Waals surface area contributed by atoms with Crippen molar-refractivity contribution in [1.29, 1.82) is 0 Å². The van der Waals surface area contributed by atoms with Gasteiger partial charge in [-0.3, -0.25) is 19.2 Å². The van der Waals surface area contributed by atoms with Gasteiger partial charge in [-0.1, -0.05) is 0 Å². The van der Waals surface area contributed by atoms with Gasteiger partial charge in [0.15, 0.2) is 0 Å². The van der Waals surface area contributed by atoms with Gasteiger partial charge in [0.2, 0.25) is 0 Å². The van der Waals surface area contributed by atoms with E-state index in [1.54, 1.807) is 28.6 Å². The lowest BCUT2D eigenvalue weighted by molar-refractivity contribution is -0.148. The van der Waals surface area contributed by atoms with E-state index in [-0.39, 0.29) is 43.7 Å². The minimum Gasteiger partial charge on any atom is -0.379 e. The van der Waals surface area contributed by atoms with Crippen LogP contribution in [0.5, 0.6) is 0 Å². The Balaban J connectivity index is 1.50. The van der Waals surface area contributed by atoms with Gasteiger partial charge in [-0.2, -0.15) is 18.3 Å². The smallest absolute Gasteiger partial charge is 0.379 e. The lowest BCUT2D eigenvalue weighted by atomic mass is 10.0. The number of nitrogens with one attached hydrogen (secondary N) is 1. The molecule has 0 spiro atoms. The molecule has 1 amide bonds. The number of carbonyl (C=O) groups excluding carboxylic acids is 1. The summed E-state index contributed by atoms with van der Waals surface area (Å²) in [6, 6.07) is 3.54. The number of carbonyl (C=O) groups is 1. The van der Waals surface area contributed by atoms with Gasteiger partial charge in [-0.25, -0.2) is 0 Å². The Hall–Kier alpha value is -2.92. The highest BCUT2D eigenvalue weighted by Crippen LogP contribution is 2.29. The predicted molar refractivity (Wildman–Crippen MR) is 115 cm³/mol. The quantitative estimate of drug-likeness (QED) is 0.645. The number of pyridine rings is 1. The molecule has 33 heavy (non-hydrogen) atoms.